The molecule has 0 bridgehead atoms. The number of carbonyl (C=O) groups excluding carboxylic acids is 2. The van der Waals surface area contributed by atoms with Crippen molar-refractivity contribution in [2.75, 3.05) is 63.2 Å². The van der Waals surface area contributed by atoms with Gasteiger partial charge in [-0.3, -0.25) is 14.9 Å². The topological polar surface area (TPSA) is 117 Å². The molecule has 4 heterocycles. The van der Waals surface area contributed by atoms with Crippen molar-refractivity contribution < 1.29 is 14.3 Å². The summed E-state index contributed by atoms with van der Waals surface area (Å²) in [5, 5.41) is 1.87. The summed E-state index contributed by atoms with van der Waals surface area (Å²) in [6, 6.07) is 1.68. The quantitative estimate of drug-likeness (QED) is 0.598. The Labute approximate surface area is 189 Å². The number of rotatable bonds is 7. The molecule has 2 aliphatic heterocycles. The highest BCUT2D eigenvalue weighted by Gasteiger charge is 2.26. The van der Waals surface area contributed by atoms with Crippen LogP contribution in [0.25, 0.3) is 6.08 Å². The summed E-state index contributed by atoms with van der Waals surface area (Å²) in [5.41, 5.74) is 1.49. The molecule has 2 fully saturated rings. The third-order valence-corrected chi connectivity index (χ3v) is 5.71. The summed E-state index contributed by atoms with van der Waals surface area (Å²) < 4.78 is 5.84. The smallest absolute Gasteiger partial charge is 0.290 e. The molecule has 4 rings (SSSR count). The average Bonchev–Trinajstić information content (AvgIpc) is 3.10. The minimum absolute atomic E-state index is 0.299. The fourth-order valence-corrected chi connectivity index (χ4v) is 3.89. The van der Waals surface area contributed by atoms with E-state index in [1.807, 2.05) is 19.0 Å². The Morgan fingerprint density at radius 2 is 1.84 bits per heavy atom. The van der Waals surface area contributed by atoms with E-state index in [9.17, 15) is 9.59 Å². The summed E-state index contributed by atoms with van der Waals surface area (Å²) in [4.78, 5) is 47.4. The van der Waals surface area contributed by atoms with Gasteiger partial charge in [0.1, 0.15) is 12.9 Å². The molecule has 168 valence electrons. The van der Waals surface area contributed by atoms with Gasteiger partial charge in [0.25, 0.3) is 11.1 Å². The molecule has 2 amide bonds. The predicted octanol–water partition coefficient (Wildman–Crippen LogP) is 0.857. The molecule has 0 aliphatic carbocycles. The second-order valence-electron chi connectivity index (χ2n) is 7.51. The van der Waals surface area contributed by atoms with E-state index >= 15 is 0 Å². The Balaban J connectivity index is 1.53. The third-order valence-electron chi connectivity index (χ3n) is 4.89. The fourth-order valence-electron chi connectivity index (χ4n) is 3.23. The molecule has 2 aromatic heterocycles. The molecule has 2 aromatic rings. The summed E-state index contributed by atoms with van der Waals surface area (Å²) in [6.07, 6.45) is 6.71. The zero-order chi connectivity index (χ0) is 22.5. The highest BCUT2D eigenvalue weighted by Crippen LogP contribution is 2.27. The maximum absolute atomic E-state index is 12.0. The van der Waals surface area contributed by atoms with Crippen LogP contribution in [0.3, 0.4) is 0 Å². The molecule has 0 radical (unpaired) electrons. The third kappa shape index (κ3) is 5.51. The number of amides is 2. The number of hydrogen-bond donors (Lipinski definition) is 1. The predicted molar refractivity (Wildman–Crippen MR) is 122 cm³/mol. The first-order chi connectivity index (χ1) is 15.5. The number of ether oxygens (including phenoxy) is 1. The number of imide groups is 1. The monoisotopic (exact) mass is 456 g/mol. The lowest BCUT2D eigenvalue weighted by Crippen LogP contribution is -2.47. The Kier molecular flexibility index (Phi) is 6.81. The molecule has 2 saturated heterocycles. The summed E-state index contributed by atoms with van der Waals surface area (Å²) in [6.45, 7) is 4.16. The van der Waals surface area contributed by atoms with Crippen molar-refractivity contribution in [1.29, 1.82) is 0 Å². The van der Waals surface area contributed by atoms with E-state index in [1.54, 1.807) is 24.5 Å². The van der Waals surface area contributed by atoms with Crippen LogP contribution in [0.2, 0.25) is 0 Å². The van der Waals surface area contributed by atoms with Crippen LogP contribution in [0.15, 0.2) is 29.7 Å². The van der Waals surface area contributed by atoms with Crippen molar-refractivity contribution >= 4 is 40.6 Å². The van der Waals surface area contributed by atoms with Crippen molar-refractivity contribution in [3.63, 3.8) is 0 Å². The van der Waals surface area contributed by atoms with Gasteiger partial charge >= 0.3 is 0 Å². The van der Waals surface area contributed by atoms with Gasteiger partial charge in [-0.15, -0.1) is 0 Å². The minimum Gasteiger partial charge on any atom is -0.476 e. The van der Waals surface area contributed by atoms with Gasteiger partial charge in [0.05, 0.1) is 28.7 Å². The van der Waals surface area contributed by atoms with E-state index in [0.717, 1.165) is 37.1 Å². The largest absolute Gasteiger partial charge is 0.476 e. The molecule has 12 heteroatoms. The van der Waals surface area contributed by atoms with Gasteiger partial charge in [-0.25, -0.2) is 15.0 Å². The highest BCUT2D eigenvalue weighted by molar-refractivity contribution is 8.18. The van der Waals surface area contributed by atoms with Crippen LogP contribution in [-0.4, -0.2) is 89.4 Å². The zero-order valence-electron chi connectivity index (χ0n) is 17.9. The molecule has 11 nitrogen and oxygen atoms in total. The van der Waals surface area contributed by atoms with Gasteiger partial charge in [-0.2, -0.15) is 4.98 Å². The van der Waals surface area contributed by atoms with Gasteiger partial charge in [0.2, 0.25) is 11.8 Å². The first kappa shape index (κ1) is 22.0. The lowest BCUT2D eigenvalue weighted by Gasteiger charge is -2.35. The van der Waals surface area contributed by atoms with Crippen LogP contribution in [0, 0.1) is 0 Å². The Bertz CT molecular complexity index is 1010. The Morgan fingerprint density at radius 3 is 2.50 bits per heavy atom. The molecule has 32 heavy (non-hydrogen) atoms. The van der Waals surface area contributed by atoms with Crippen LogP contribution in [0.1, 0.15) is 5.69 Å². The van der Waals surface area contributed by atoms with E-state index in [4.69, 9.17) is 4.74 Å². The molecule has 0 spiro atoms. The number of likely N-dealkylation sites (N-methyl/N-ethyl adjacent to an activating group) is 1. The zero-order valence-corrected chi connectivity index (χ0v) is 18.7. The SMILES string of the molecule is CN(C)CCOc1cc(/C=C2/SC(=O)NC2=O)nc(N2CCN(c3cncnc3)CC2)n1. The number of aromatic nitrogens is 4. The van der Waals surface area contributed by atoms with Crippen LogP contribution in [0.5, 0.6) is 5.88 Å². The van der Waals surface area contributed by atoms with E-state index in [2.05, 4.69) is 35.1 Å². The number of anilines is 2. The number of piperazine rings is 1. The maximum Gasteiger partial charge on any atom is 0.290 e. The van der Waals surface area contributed by atoms with E-state index in [0.29, 0.717) is 42.1 Å². The number of thioether (sulfide) groups is 1. The van der Waals surface area contributed by atoms with Gasteiger partial charge < -0.3 is 19.4 Å². The summed E-state index contributed by atoms with van der Waals surface area (Å²) >= 11 is 0.857. The standard InChI is InChI=1S/C20H24N8O3S/c1-26(2)7-8-31-17-10-14(9-16-18(29)25-20(30)32-16)23-19(24-17)28-5-3-27(4-6-28)15-11-21-13-22-12-15/h9-13H,3-8H2,1-2H3,(H,25,29,30)/b16-9+. The van der Waals surface area contributed by atoms with Gasteiger partial charge in [-0.1, -0.05) is 0 Å². The molecule has 1 N–H and O–H groups in total. The van der Waals surface area contributed by atoms with Crippen LogP contribution in [0.4, 0.5) is 16.4 Å². The lowest BCUT2D eigenvalue weighted by atomic mass is 10.3. The normalized spacial score (nSPS) is 17.9. The minimum atomic E-state index is -0.422. The summed E-state index contributed by atoms with van der Waals surface area (Å²) in [5.74, 6) is 0.532. The van der Waals surface area contributed by atoms with E-state index in [-0.39, 0.29) is 5.24 Å². The Hall–Kier alpha value is -3.25. The molecular weight excluding hydrogens is 432 g/mol. The van der Waals surface area contributed by atoms with Crippen molar-refractivity contribution in [3.05, 3.63) is 35.4 Å². The Morgan fingerprint density at radius 1 is 1.12 bits per heavy atom. The van der Waals surface area contributed by atoms with Crippen molar-refractivity contribution in [3.8, 4) is 5.88 Å². The molecule has 0 unspecified atom stereocenters. The number of nitrogens with zero attached hydrogens (tertiary/aromatic N) is 7. The highest BCUT2D eigenvalue weighted by atomic mass is 32.2. The second-order valence-corrected chi connectivity index (χ2v) is 8.52. The van der Waals surface area contributed by atoms with E-state index in [1.165, 1.54) is 6.33 Å². The number of nitrogens with one attached hydrogen (secondary N) is 1. The van der Waals surface area contributed by atoms with Crippen molar-refractivity contribution in [2.24, 2.45) is 0 Å². The van der Waals surface area contributed by atoms with Crippen LogP contribution in [-0.2, 0) is 4.79 Å². The molecule has 2 aliphatic rings. The average molecular weight is 457 g/mol. The van der Waals surface area contributed by atoms with Gasteiger partial charge in [-0.05, 0) is 31.9 Å². The molecule has 0 aromatic carbocycles. The lowest BCUT2D eigenvalue weighted by molar-refractivity contribution is -0.115. The van der Waals surface area contributed by atoms with Crippen LogP contribution >= 0.6 is 11.8 Å². The van der Waals surface area contributed by atoms with Crippen molar-refractivity contribution in [1.82, 2.24) is 30.2 Å². The van der Waals surface area contributed by atoms with Crippen molar-refractivity contribution in [2.45, 2.75) is 0 Å². The van der Waals surface area contributed by atoms with Crippen LogP contribution < -0.4 is 19.9 Å². The van der Waals surface area contributed by atoms with E-state index < -0.39 is 5.91 Å². The molecular formula is C20H24N8O3S. The number of carbonyl (C=O) groups is 2. The van der Waals surface area contributed by atoms with Gasteiger partial charge in [0.15, 0.2) is 0 Å². The van der Waals surface area contributed by atoms with Gasteiger partial charge in [0, 0.05) is 38.8 Å². The molecule has 0 atom stereocenters. The maximum atomic E-state index is 12.0. The first-order valence-corrected chi connectivity index (χ1v) is 11.0. The number of hydrogen-bond acceptors (Lipinski definition) is 11. The summed E-state index contributed by atoms with van der Waals surface area (Å²) in [7, 11) is 3.93. The fraction of sp³-hybridized carbons (Fsp3) is 0.400. The first-order valence-electron chi connectivity index (χ1n) is 10.1. The molecule has 0 saturated carbocycles. The second kappa shape index (κ2) is 9.92.